The summed E-state index contributed by atoms with van der Waals surface area (Å²) in [6, 6.07) is 20.5. The van der Waals surface area contributed by atoms with Crippen LogP contribution in [0.2, 0.25) is 0 Å². The van der Waals surface area contributed by atoms with Gasteiger partial charge in [-0.2, -0.15) is 0 Å². The maximum Gasteiger partial charge on any atom is 0.262 e. The lowest BCUT2D eigenvalue weighted by Gasteiger charge is -2.38. The normalized spacial score (nSPS) is 15.1. The number of carbonyl (C=O) groups excluding carboxylic acids is 1. The smallest absolute Gasteiger partial charge is 0.262 e. The molecule has 0 fully saturated rings. The molecule has 1 unspecified atom stereocenters. The van der Waals surface area contributed by atoms with Crippen LogP contribution in [0.25, 0.3) is 0 Å². The molecule has 4 rings (SSSR count). The molecule has 0 bridgehead atoms. The van der Waals surface area contributed by atoms with Gasteiger partial charge >= 0.3 is 0 Å². The third-order valence-corrected chi connectivity index (χ3v) is 5.28. The standard InChI is InChI=1S/C24H23ClN2O4/c1-29-18-10-6-16(7-11-18)23-26-22-20(4-3-5-21(22)30-2)24(28)27(23)17-8-12-19(13-9-17)31-15-14-25/h3-13,23,26H,14-15H2,1-2H3. The molecule has 1 N–H and O–H groups in total. The number of benzene rings is 3. The summed E-state index contributed by atoms with van der Waals surface area (Å²) in [4.78, 5) is 15.3. The molecule has 3 aromatic carbocycles. The van der Waals surface area contributed by atoms with E-state index in [0.29, 0.717) is 35.2 Å². The maximum atomic E-state index is 13.6. The van der Waals surface area contributed by atoms with E-state index in [2.05, 4.69) is 5.32 Å². The molecule has 31 heavy (non-hydrogen) atoms. The summed E-state index contributed by atoms with van der Waals surface area (Å²) in [5.74, 6) is 2.35. The number of amides is 1. The largest absolute Gasteiger partial charge is 0.497 e. The molecule has 0 aliphatic carbocycles. The molecule has 1 heterocycles. The number of carbonyl (C=O) groups is 1. The minimum absolute atomic E-state index is 0.122. The molecule has 0 spiro atoms. The van der Waals surface area contributed by atoms with Gasteiger partial charge in [-0.15, -0.1) is 11.6 Å². The van der Waals surface area contributed by atoms with Crippen molar-refractivity contribution in [3.8, 4) is 17.2 Å². The Hall–Kier alpha value is -3.38. The highest BCUT2D eigenvalue weighted by Crippen LogP contribution is 2.41. The van der Waals surface area contributed by atoms with Gasteiger partial charge in [0.25, 0.3) is 5.91 Å². The molecule has 7 heteroatoms. The van der Waals surface area contributed by atoms with Crippen LogP contribution in [0, 0.1) is 0 Å². The Morgan fingerprint density at radius 2 is 1.65 bits per heavy atom. The van der Waals surface area contributed by atoms with Crippen LogP contribution in [0.1, 0.15) is 22.1 Å². The quantitative estimate of drug-likeness (QED) is 0.520. The van der Waals surface area contributed by atoms with Crippen molar-refractivity contribution in [1.29, 1.82) is 0 Å². The van der Waals surface area contributed by atoms with Crippen molar-refractivity contribution in [1.82, 2.24) is 0 Å². The number of hydrogen-bond donors (Lipinski definition) is 1. The number of rotatable bonds is 7. The number of ether oxygens (including phenoxy) is 3. The Kier molecular flexibility index (Phi) is 6.18. The molecule has 0 aromatic heterocycles. The number of para-hydroxylation sites is 1. The second-order valence-corrected chi connectivity index (χ2v) is 7.29. The van der Waals surface area contributed by atoms with Gasteiger partial charge in [-0.25, -0.2) is 0 Å². The Morgan fingerprint density at radius 3 is 2.29 bits per heavy atom. The van der Waals surface area contributed by atoms with Crippen LogP contribution in [0.5, 0.6) is 17.2 Å². The molecule has 160 valence electrons. The van der Waals surface area contributed by atoms with Crippen molar-refractivity contribution < 1.29 is 19.0 Å². The first-order valence-corrected chi connectivity index (χ1v) is 10.4. The molecular weight excluding hydrogens is 416 g/mol. The van der Waals surface area contributed by atoms with E-state index in [-0.39, 0.29) is 5.91 Å². The summed E-state index contributed by atoms with van der Waals surface area (Å²) in [7, 11) is 3.22. The van der Waals surface area contributed by atoms with Crippen LogP contribution in [0.4, 0.5) is 11.4 Å². The van der Waals surface area contributed by atoms with Gasteiger partial charge in [0.05, 0.1) is 31.4 Å². The molecule has 6 nitrogen and oxygen atoms in total. The number of fused-ring (bicyclic) bond motifs is 1. The Labute approximate surface area is 186 Å². The lowest BCUT2D eigenvalue weighted by molar-refractivity contribution is 0.0974. The zero-order valence-electron chi connectivity index (χ0n) is 17.3. The van der Waals surface area contributed by atoms with E-state index in [1.807, 2.05) is 60.7 Å². The summed E-state index contributed by atoms with van der Waals surface area (Å²) in [5.41, 5.74) is 2.87. The van der Waals surface area contributed by atoms with Crippen molar-refractivity contribution in [2.75, 3.05) is 36.9 Å². The van der Waals surface area contributed by atoms with Gasteiger partial charge in [0, 0.05) is 5.69 Å². The summed E-state index contributed by atoms with van der Waals surface area (Å²) < 4.78 is 16.3. The van der Waals surface area contributed by atoms with Crippen LogP contribution in [-0.2, 0) is 0 Å². The van der Waals surface area contributed by atoms with Crippen LogP contribution in [-0.4, -0.2) is 32.6 Å². The van der Waals surface area contributed by atoms with Crippen LogP contribution in [0.3, 0.4) is 0 Å². The van der Waals surface area contributed by atoms with Crippen LogP contribution in [0.15, 0.2) is 66.7 Å². The van der Waals surface area contributed by atoms with Crippen molar-refractivity contribution in [3.63, 3.8) is 0 Å². The number of alkyl halides is 1. The molecule has 0 radical (unpaired) electrons. The minimum Gasteiger partial charge on any atom is -0.497 e. The molecule has 1 amide bonds. The second-order valence-electron chi connectivity index (χ2n) is 6.91. The minimum atomic E-state index is -0.434. The van der Waals surface area contributed by atoms with E-state index in [1.165, 1.54) is 0 Å². The van der Waals surface area contributed by atoms with Gasteiger partial charge in [-0.1, -0.05) is 18.2 Å². The average Bonchev–Trinajstić information content (AvgIpc) is 2.83. The van der Waals surface area contributed by atoms with Gasteiger partial charge in [0.15, 0.2) is 0 Å². The van der Waals surface area contributed by atoms with Crippen molar-refractivity contribution >= 4 is 28.9 Å². The molecule has 1 aliphatic heterocycles. The van der Waals surface area contributed by atoms with Gasteiger partial charge in [-0.05, 0) is 54.1 Å². The fourth-order valence-electron chi connectivity index (χ4n) is 3.62. The van der Waals surface area contributed by atoms with Gasteiger partial charge in [-0.3, -0.25) is 9.69 Å². The average molecular weight is 439 g/mol. The highest BCUT2D eigenvalue weighted by molar-refractivity contribution is 6.18. The molecule has 3 aromatic rings. The Morgan fingerprint density at radius 1 is 0.935 bits per heavy atom. The fourth-order valence-corrected chi connectivity index (χ4v) is 3.70. The molecule has 0 saturated carbocycles. The maximum absolute atomic E-state index is 13.6. The number of nitrogens with one attached hydrogen (secondary N) is 1. The monoisotopic (exact) mass is 438 g/mol. The predicted molar refractivity (Wildman–Crippen MR) is 122 cm³/mol. The van der Waals surface area contributed by atoms with E-state index in [1.54, 1.807) is 25.2 Å². The molecular formula is C24H23ClN2O4. The molecule has 1 atom stereocenters. The van der Waals surface area contributed by atoms with Gasteiger partial charge in [0.1, 0.15) is 30.0 Å². The van der Waals surface area contributed by atoms with Crippen molar-refractivity contribution in [3.05, 3.63) is 77.9 Å². The van der Waals surface area contributed by atoms with E-state index >= 15 is 0 Å². The van der Waals surface area contributed by atoms with Gasteiger partial charge in [0.2, 0.25) is 0 Å². The number of methoxy groups -OCH3 is 2. The predicted octanol–water partition coefficient (Wildman–Crippen LogP) is 5.09. The van der Waals surface area contributed by atoms with E-state index < -0.39 is 6.17 Å². The molecule has 1 aliphatic rings. The number of halogens is 1. The number of nitrogens with zero attached hydrogens (tertiary/aromatic N) is 1. The fraction of sp³-hybridized carbons (Fsp3) is 0.208. The van der Waals surface area contributed by atoms with Gasteiger partial charge < -0.3 is 19.5 Å². The highest BCUT2D eigenvalue weighted by Gasteiger charge is 2.35. The summed E-state index contributed by atoms with van der Waals surface area (Å²) in [6.45, 7) is 0.423. The SMILES string of the molecule is COc1ccc(C2Nc3c(OC)cccc3C(=O)N2c2ccc(OCCCl)cc2)cc1. The first-order valence-electron chi connectivity index (χ1n) is 9.86. The first kappa shape index (κ1) is 20.9. The molecule has 0 saturated heterocycles. The van der Waals surface area contributed by atoms with E-state index in [9.17, 15) is 4.79 Å². The van der Waals surface area contributed by atoms with E-state index in [4.69, 9.17) is 25.8 Å². The zero-order chi connectivity index (χ0) is 21.8. The van der Waals surface area contributed by atoms with Crippen LogP contribution < -0.4 is 24.4 Å². The number of hydrogen-bond acceptors (Lipinski definition) is 5. The topological polar surface area (TPSA) is 60.0 Å². The zero-order valence-corrected chi connectivity index (χ0v) is 18.1. The number of anilines is 2. The third kappa shape index (κ3) is 4.11. The third-order valence-electron chi connectivity index (χ3n) is 5.13. The lowest BCUT2D eigenvalue weighted by atomic mass is 10.0. The first-order chi connectivity index (χ1) is 15.2. The van der Waals surface area contributed by atoms with E-state index in [0.717, 1.165) is 17.0 Å². The lowest BCUT2D eigenvalue weighted by Crippen LogP contribution is -2.43. The Balaban J connectivity index is 1.77. The van der Waals surface area contributed by atoms with Crippen molar-refractivity contribution in [2.45, 2.75) is 6.17 Å². The van der Waals surface area contributed by atoms with Crippen molar-refractivity contribution in [2.24, 2.45) is 0 Å². The summed E-state index contributed by atoms with van der Waals surface area (Å²) in [6.07, 6.45) is -0.434. The summed E-state index contributed by atoms with van der Waals surface area (Å²) in [5, 5.41) is 3.49. The second kappa shape index (κ2) is 9.18. The highest BCUT2D eigenvalue weighted by atomic mass is 35.5. The Bertz CT molecular complexity index is 1050. The van der Waals surface area contributed by atoms with Crippen LogP contribution >= 0.6 is 11.6 Å². The summed E-state index contributed by atoms with van der Waals surface area (Å²) >= 11 is 5.70.